The highest BCUT2D eigenvalue weighted by molar-refractivity contribution is 6.11. The largest absolute Gasteiger partial charge is 0.356 e. The van der Waals surface area contributed by atoms with Crippen LogP contribution in [0.5, 0.6) is 0 Å². The number of allylic oxidation sites excluding steroid dienone is 4. The fraction of sp³-hybridized carbons (Fsp3) is 0.789. The summed E-state index contributed by atoms with van der Waals surface area (Å²) in [6.07, 6.45) is 40.4. The molecule has 0 rings (SSSR count). The van der Waals surface area contributed by atoms with E-state index in [1.54, 1.807) is 0 Å². The molecule has 248 valence electrons. The minimum absolute atomic E-state index is 0.206. The molecule has 0 aromatic rings. The first-order chi connectivity index (χ1) is 21.1. The molecule has 0 aromatic carbocycles. The molecule has 0 unspecified atom stereocenters. The van der Waals surface area contributed by atoms with Gasteiger partial charge < -0.3 is 0 Å². The van der Waals surface area contributed by atoms with Gasteiger partial charge in [0.15, 0.2) is 0 Å². The summed E-state index contributed by atoms with van der Waals surface area (Å²) >= 11 is 0. The zero-order valence-corrected chi connectivity index (χ0v) is 28.4. The van der Waals surface area contributed by atoms with Crippen LogP contribution in [0.15, 0.2) is 29.3 Å². The van der Waals surface area contributed by atoms with Gasteiger partial charge in [-0.2, -0.15) is 4.90 Å². The van der Waals surface area contributed by atoms with Crippen molar-refractivity contribution in [3.63, 3.8) is 0 Å². The zero-order valence-electron chi connectivity index (χ0n) is 28.4. The molecular weight excluding hydrogens is 532 g/mol. The van der Waals surface area contributed by atoms with Gasteiger partial charge in [0.05, 0.1) is 0 Å². The SMILES string of the molecule is C=NC(=O)N(C(=O)CCCCCCC/C=C\CCCCCCCC)C(=O)CCCCCCC/C=C\CCCCCCCC. The highest BCUT2D eigenvalue weighted by Crippen LogP contribution is 2.14. The zero-order chi connectivity index (χ0) is 31.6. The van der Waals surface area contributed by atoms with Crippen LogP contribution in [0.1, 0.15) is 194 Å². The Hall–Kier alpha value is -2.04. The third-order valence-corrected chi connectivity index (χ3v) is 8.13. The molecule has 5 nitrogen and oxygen atoms in total. The maximum Gasteiger partial charge on any atom is 0.356 e. The Labute approximate surface area is 266 Å². The summed E-state index contributed by atoms with van der Waals surface area (Å²) in [4.78, 5) is 41.6. The fourth-order valence-corrected chi connectivity index (χ4v) is 5.34. The molecule has 0 bridgehead atoms. The van der Waals surface area contributed by atoms with Crippen molar-refractivity contribution in [3.8, 4) is 0 Å². The second kappa shape index (κ2) is 32.9. The van der Waals surface area contributed by atoms with E-state index in [4.69, 9.17) is 0 Å². The Kier molecular flexibility index (Phi) is 31.3. The molecule has 0 aliphatic rings. The number of hydrogen-bond donors (Lipinski definition) is 0. The van der Waals surface area contributed by atoms with E-state index in [1.165, 1.54) is 103 Å². The van der Waals surface area contributed by atoms with Gasteiger partial charge in [-0.3, -0.25) is 9.59 Å². The van der Waals surface area contributed by atoms with Crippen LogP contribution in [-0.2, 0) is 9.59 Å². The highest BCUT2D eigenvalue weighted by Gasteiger charge is 2.26. The third kappa shape index (κ3) is 27.3. The lowest BCUT2D eigenvalue weighted by Crippen LogP contribution is -2.40. The molecule has 0 aliphatic heterocycles. The average Bonchev–Trinajstić information content (AvgIpc) is 3.01. The third-order valence-electron chi connectivity index (χ3n) is 8.13. The summed E-state index contributed by atoms with van der Waals surface area (Å²) in [5, 5.41) is 0. The van der Waals surface area contributed by atoms with Gasteiger partial charge >= 0.3 is 6.03 Å². The van der Waals surface area contributed by atoms with Gasteiger partial charge in [-0.05, 0) is 70.9 Å². The van der Waals surface area contributed by atoms with Crippen LogP contribution < -0.4 is 0 Å². The molecule has 0 spiro atoms. The molecule has 0 heterocycles. The Morgan fingerprint density at radius 2 is 0.744 bits per heavy atom. The van der Waals surface area contributed by atoms with E-state index in [0.717, 1.165) is 56.3 Å². The number of carbonyl (C=O) groups excluding carboxylic acids is 3. The predicted octanol–water partition coefficient (Wildman–Crippen LogP) is 12.2. The summed E-state index contributed by atoms with van der Waals surface area (Å²) in [7, 11) is 0. The normalized spacial score (nSPS) is 11.5. The summed E-state index contributed by atoms with van der Waals surface area (Å²) in [5.74, 6) is -0.874. The first-order valence-electron chi connectivity index (χ1n) is 18.2. The molecule has 5 heteroatoms. The van der Waals surface area contributed by atoms with E-state index in [-0.39, 0.29) is 12.8 Å². The summed E-state index contributed by atoms with van der Waals surface area (Å²) in [6.45, 7) is 7.75. The lowest BCUT2D eigenvalue weighted by atomic mass is 10.1. The van der Waals surface area contributed by atoms with Crippen LogP contribution in [0.25, 0.3) is 0 Å². The molecular formula is C38H68N2O3. The van der Waals surface area contributed by atoms with Crippen molar-refractivity contribution in [1.29, 1.82) is 0 Å². The minimum atomic E-state index is -0.838. The Morgan fingerprint density at radius 1 is 0.465 bits per heavy atom. The number of amides is 4. The van der Waals surface area contributed by atoms with Gasteiger partial charge in [-0.15, -0.1) is 0 Å². The van der Waals surface area contributed by atoms with Crippen LogP contribution in [-0.4, -0.2) is 29.5 Å². The van der Waals surface area contributed by atoms with Crippen molar-refractivity contribution in [2.45, 2.75) is 194 Å². The summed E-state index contributed by atoms with van der Waals surface area (Å²) in [6, 6.07) is -0.838. The second-order valence-electron chi connectivity index (χ2n) is 12.2. The molecule has 0 aromatic heterocycles. The number of rotatable bonds is 30. The van der Waals surface area contributed by atoms with Crippen LogP contribution in [0.2, 0.25) is 0 Å². The van der Waals surface area contributed by atoms with Crippen LogP contribution in [0, 0.1) is 0 Å². The second-order valence-corrected chi connectivity index (χ2v) is 12.2. The number of hydrogen-bond acceptors (Lipinski definition) is 3. The van der Waals surface area contributed by atoms with Crippen molar-refractivity contribution < 1.29 is 14.4 Å². The molecule has 0 N–H and O–H groups in total. The fourth-order valence-electron chi connectivity index (χ4n) is 5.34. The van der Waals surface area contributed by atoms with Crippen molar-refractivity contribution in [2.75, 3.05) is 0 Å². The van der Waals surface area contributed by atoms with E-state index in [2.05, 4.69) is 49.9 Å². The monoisotopic (exact) mass is 601 g/mol. The molecule has 0 aliphatic carbocycles. The topological polar surface area (TPSA) is 66.8 Å². The quantitative estimate of drug-likeness (QED) is 0.0468. The van der Waals surface area contributed by atoms with E-state index in [9.17, 15) is 14.4 Å². The number of urea groups is 1. The standard InChI is InChI=1S/C38H68N2O3/c1-4-6-8-10-12-14-16-18-20-22-24-26-28-30-32-34-36(41)40(38(43)39-3)37(42)35-33-31-29-27-25-23-21-19-17-15-13-11-9-7-5-2/h18-21H,3-17,22-35H2,1-2H3/b20-18-,21-19-. The summed E-state index contributed by atoms with van der Waals surface area (Å²) in [5.41, 5.74) is 0. The molecule has 0 atom stereocenters. The molecule has 4 amide bonds. The first kappa shape index (κ1) is 41.0. The smallest absolute Gasteiger partial charge is 0.274 e. The van der Waals surface area contributed by atoms with E-state index in [1.807, 2.05) is 0 Å². The number of carbonyl (C=O) groups is 3. The molecule has 0 radical (unpaired) electrons. The van der Waals surface area contributed by atoms with Gasteiger partial charge in [0, 0.05) is 12.8 Å². The van der Waals surface area contributed by atoms with Crippen LogP contribution in [0.3, 0.4) is 0 Å². The number of unbranched alkanes of at least 4 members (excludes halogenated alkanes) is 22. The Morgan fingerprint density at radius 3 is 1.05 bits per heavy atom. The minimum Gasteiger partial charge on any atom is -0.274 e. The lowest BCUT2D eigenvalue weighted by Gasteiger charge is -2.16. The average molecular weight is 601 g/mol. The van der Waals surface area contributed by atoms with Crippen molar-refractivity contribution in [3.05, 3.63) is 24.3 Å². The van der Waals surface area contributed by atoms with E-state index >= 15 is 0 Å². The van der Waals surface area contributed by atoms with Gasteiger partial charge in [-0.25, -0.2) is 9.79 Å². The highest BCUT2D eigenvalue weighted by atomic mass is 16.2. The maximum atomic E-state index is 12.7. The molecule has 0 fully saturated rings. The predicted molar refractivity (Wildman–Crippen MR) is 186 cm³/mol. The van der Waals surface area contributed by atoms with Crippen molar-refractivity contribution >= 4 is 24.6 Å². The van der Waals surface area contributed by atoms with Crippen molar-refractivity contribution in [1.82, 2.24) is 4.90 Å². The number of imide groups is 3. The molecule has 0 saturated carbocycles. The van der Waals surface area contributed by atoms with Gasteiger partial charge in [0.2, 0.25) is 11.8 Å². The van der Waals surface area contributed by atoms with E-state index in [0.29, 0.717) is 12.8 Å². The van der Waals surface area contributed by atoms with Crippen LogP contribution >= 0.6 is 0 Å². The lowest BCUT2D eigenvalue weighted by molar-refractivity contribution is -0.140. The number of nitrogens with zero attached hydrogens (tertiary/aromatic N) is 2. The van der Waals surface area contributed by atoms with Gasteiger partial charge in [-0.1, -0.05) is 141 Å². The first-order valence-corrected chi connectivity index (χ1v) is 18.2. The number of aliphatic imine (C=N–C) groups is 1. The van der Waals surface area contributed by atoms with Crippen molar-refractivity contribution in [2.24, 2.45) is 4.99 Å². The Balaban J connectivity index is 3.88. The van der Waals surface area contributed by atoms with E-state index < -0.39 is 17.8 Å². The maximum absolute atomic E-state index is 12.7. The Bertz CT molecular complexity index is 691. The molecule has 0 saturated heterocycles. The van der Waals surface area contributed by atoms with Gasteiger partial charge in [0.1, 0.15) is 0 Å². The van der Waals surface area contributed by atoms with Gasteiger partial charge in [0.25, 0.3) is 0 Å². The van der Waals surface area contributed by atoms with Crippen LogP contribution in [0.4, 0.5) is 4.79 Å². The molecule has 43 heavy (non-hydrogen) atoms. The summed E-state index contributed by atoms with van der Waals surface area (Å²) < 4.78 is 0.